The van der Waals surface area contributed by atoms with Gasteiger partial charge in [0.15, 0.2) is 0 Å². The van der Waals surface area contributed by atoms with E-state index in [4.69, 9.17) is 0 Å². The van der Waals surface area contributed by atoms with Crippen LogP contribution in [0.25, 0.3) is 6.08 Å². The van der Waals surface area contributed by atoms with Crippen molar-refractivity contribution in [1.29, 1.82) is 0 Å². The number of aliphatic carboxylic acids is 1. The smallest absolute Gasteiger partial charge is 0.0643 e. The van der Waals surface area contributed by atoms with Crippen LogP contribution in [-0.2, 0) is 4.79 Å². The quantitative estimate of drug-likeness (QED) is 0.440. The van der Waals surface area contributed by atoms with Crippen LogP contribution < -0.4 is 5.11 Å². The Bertz CT molecular complexity index is 376. The summed E-state index contributed by atoms with van der Waals surface area (Å²) >= 11 is 6.60. The number of hydrogen-bond donors (Lipinski definition) is 0. The van der Waals surface area contributed by atoms with Crippen LogP contribution in [0.5, 0.6) is 0 Å². The minimum absolute atomic E-state index is 0.927. The number of carbonyl (C=O) groups excluding carboxylic acids is 1. The molecule has 0 heterocycles. The summed E-state index contributed by atoms with van der Waals surface area (Å²) in [4.78, 5) is 10.3. The third-order valence-electron chi connectivity index (χ3n) is 1.43. The highest BCUT2D eigenvalue weighted by Crippen LogP contribution is 2.23. The van der Waals surface area contributed by atoms with Crippen LogP contribution in [0.1, 0.15) is 5.56 Å². The molecule has 5 heteroatoms. The summed E-state index contributed by atoms with van der Waals surface area (Å²) in [5.74, 6) is -1.17. The fraction of sp³-hybridized carbons (Fsp3) is 0. The molecule has 0 saturated carbocycles. The Labute approximate surface area is 123 Å². The second kappa shape index (κ2) is 5.64. The van der Waals surface area contributed by atoms with Gasteiger partial charge in [0, 0.05) is 16.3 Å². The van der Waals surface area contributed by atoms with Gasteiger partial charge in [0.05, 0.1) is 5.97 Å². The van der Waals surface area contributed by atoms with Crippen LogP contribution >= 0.6 is 67.8 Å². The second-order valence-corrected chi connectivity index (χ2v) is 6.01. The lowest BCUT2D eigenvalue weighted by Crippen LogP contribution is -2.18. The third-order valence-corrected chi connectivity index (χ3v) is 3.84. The highest BCUT2D eigenvalue weighted by molar-refractivity contribution is 14.1. The van der Waals surface area contributed by atoms with Crippen LogP contribution in [0.2, 0.25) is 0 Å². The minimum atomic E-state index is -1.17. The maximum atomic E-state index is 10.3. The van der Waals surface area contributed by atoms with Crippen LogP contribution in [0, 0.1) is 10.7 Å². The molecule has 0 saturated heterocycles. The molecule has 0 aliphatic carbocycles. The zero-order valence-electron chi connectivity index (χ0n) is 6.76. The van der Waals surface area contributed by atoms with Crippen LogP contribution in [0.4, 0.5) is 0 Å². The van der Waals surface area contributed by atoms with E-state index in [9.17, 15) is 9.90 Å². The zero-order chi connectivity index (χ0) is 10.7. The topological polar surface area (TPSA) is 40.1 Å². The van der Waals surface area contributed by atoms with Gasteiger partial charge < -0.3 is 9.90 Å². The SMILES string of the molecule is O=C([O-])/C=C/c1c(I)cc(I)cc1I. The Balaban J connectivity index is 3.15. The van der Waals surface area contributed by atoms with Gasteiger partial charge in [0.1, 0.15) is 0 Å². The molecule has 0 aromatic heterocycles. The summed E-state index contributed by atoms with van der Waals surface area (Å²) < 4.78 is 3.22. The third kappa shape index (κ3) is 3.65. The molecule has 74 valence electrons. The predicted octanol–water partition coefficient (Wildman–Crippen LogP) is 2.26. The van der Waals surface area contributed by atoms with Gasteiger partial charge in [-0.3, -0.25) is 0 Å². The first-order valence-electron chi connectivity index (χ1n) is 3.54. The highest BCUT2D eigenvalue weighted by Gasteiger charge is 2.02. The minimum Gasteiger partial charge on any atom is -0.545 e. The lowest BCUT2D eigenvalue weighted by atomic mass is 10.2. The van der Waals surface area contributed by atoms with Crippen molar-refractivity contribution in [1.82, 2.24) is 0 Å². The molecule has 1 aromatic rings. The van der Waals surface area contributed by atoms with Crippen molar-refractivity contribution in [3.63, 3.8) is 0 Å². The van der Waals surface area contributed by atoms with Crippen LogP contribution in [0.3, 0.4) is 0 Å². The first kappa shape index (κ1) is 12.7. The van der Waals surface area contributed by atoms with E-state index in [2.05, 4.69) is 67.8 Å². The van der Waals surface area contributed by atoms with Gasteiger partial charge in [-0.2, -0.15) is 0 Å². The van der Waals surface area contributed by atoms with Crippen molar-refractivity contribution in [3.8, 4) is 0 Å². The molecule has 0 fully saturated rings. The Morgan fingerprint density at radius 3 is 2.14 bits per heavy atom. The van der Waals surface area contributed by atoms with Gasteiger partial charge in [-0.15, -0.1) is 0 Å². The van der Waals surface area contributed by atoms with Crippen molar-refractivity contribution in [3.05, 3.63) is 34.5 Å². The Morgan fingerprint density at radius 1 is 1.21 bits per heavy atom. The number of benzene rings is 1. The molecule has 0 aliphatic rings. The monoisotopic (exact) mass is 525 g/mol. The average Bonchev–Trinajstić information content (AvgIpc) is 2.01. The van der Waals surface area contributed by atoms with E-state index in [1.807, 2.05) is 12.1 Å². The summed E-state index contributed by atoms with van der Waals surface area (Å²) in [6.45, 7) is 0. The lowest BCUT2D eigenvalue weighted by molar-refractivity contribution is -0.297. The van der Waals surface area contributed by atoms with Crippen LogP contribution in [0.15, 0.2) is 18.2 Å². The molecule has 0 amide bonds. The van der Waals surface area contributed by atoms with E-state index >= 15 is 0 Å². The molecule has 0 spiro atoms. The molecule has 1 aromatic carbocycles. The fourth-order valence-electron chi connectivity index (χ4n) is 0.864. The molecule has 0 aliphatic heterocycles. The summed E-state index contributed by atoms with van der Waals surface area (Å²) in [7, 11) is 0. The van der Waals surface area contributed by atoms with E-state index in [1.165, 1.54) is 0 Å². The molecule has 0 bridgehead atoms. The maximum absolute atomic E-state index is 10.3. The molecule has 1 rings (SSSR count). The van der Waals surface area contributed by atoms with Crippen molar-refractivity contribution < 1.29 is 9.90 Å². The zero-order valence-corrected chi connectivity index (χ0v) is 13.2. The summed E-state index contributed by atoms with van der Waals surface area (Å²) in [6.07, 6.45) is 2.61. The first-order chi connectivity index (χ1) is 6.50. The Hall–Kier alpha value is 0.620. The largest absolute Gasteiger partial charge is 0.545 e. The van der Waals surface area contributed by atoms with E-state index < -0.39 is 5.97 Å². The molecular weight excluding hydrogens is 521 g/mol. The van der Waals surface area contributed by atoms with Gasteiger partial charge in [0.25, 0.3) is 0 Å². The lowest BCUT2D eigenvalue weighted by Gasteiger charge is -2.03. The number of halogens is 3. The molecular formula is C9H4I3O2-. The van der Waals surface area contributed by atoms with Crippen molar-refractivity contribution in [2.24, 2.45) is 0 Å². The number of hydrogen-bond acceptors (Lipinski definition) is 2. The predicted molar refractivity (Wildman–Crippen MR) is 78.6 cm³/mol. The number of carbonyl (C=O) groups is 1. The maximum Gasteiger partial charge on any atom is 0.0643 e. The van der Waals surface area contributed by atoms with Gasteiger partial charge >= 0.3 is 0 Å². The Morgan fingerprint density at radius 2 is 1.71 bits per heavy atom. The molecule has 0 radical (unpaired) electrons. The highest BCUT2D eigenvalue weighted by atomic mass is 127. The first-order valence-corrected chi connectivity index (χ1v) is 6.78. The summed E-state index contributed by atoms with van der Waals surface area (Å²) in [6, 6.07) is 4.00. The fourth-order valence-corrected chi connectivity index (χ4v) is 4.81. The van der Waals surface area contributed by atoms with Crippen molar-refractivity contribution in [2.75, 3.05) is 0 Å². The summed E-state index contributed by atoms with van der Waals surface area (Å²) in [5, 5.41) is 10.3. The second-order valence-electron chi connectivity index (χ2n) is 2.44. The number of carboxylic acid groups (broad SMARTS) is 1. The van der Waals surface area contributed by atoms with Crippen molar-refractivity contribution >= 4 is 79.8 Å². The molecule has 0 N–H and O–H groups in total. The van der Waals surface area contributed by atoms with Gasteiger partial charge in [-0.05, 0) is 86.0 Å². The van der Waals surface area contributed by atoms with Gasteiger partial charge in [-0.1, -0.05) is 6.08 Å². The van der Waals surface area contributed by atoms with Gasteiger partial charge in [-0.25, -0.2) is 0 Å². The number of rotatable bonds is 2. The molecule has 14 heavy (non-hydrogen) atoms. The standard InChI is InChI=1S/C9H5I3O2/c10-5-3-7(11)6(8(12)4-5)1-2-9(13)14/h1-4H,(H,13,14)/p-1/b2-1+. The molecule has 0 unspecified atom stereocenters. The Kier molecular flexibility index (Phi) is 5.11. The van der Waals surface area contributed by atoms with Crippen LogP contribution in [-0.4, -0.2) is 5.97 Å². The van der Waals surface area contributed by atoms with E-state index in [0.717, 1.165) is 22.4 Å². The van der Waals surface area contributed by atoms with E-state index in [-0.39, 0.29) is 0 Å². The molecule has 0 atom stereocenters. The summed E-state index contributed by atoms with van der Waals surface area (Å²) in [5.41, 5.74) is 0.927. The average molecular weight is 525 g/mol. The van der Waals surface area contributed by atoms with Gasteiger partial charge in [0.2, 0.25) is 0 Å². The normalized spacial score (nSPS) is 10.8. The molecule has 2 nitrogen and oxygen atoms in total. The van der Waals surface area contributed by atoms with E-state index in [0.29, 0.717) is 0 Å². The van der Waals surface area contributed by atoms with Crippen molar-refractivity contribution in [2.45, 2.75) is 0 Å². The number of carboxylic acids is 1. The van der Waals surface area contributed by atoms with E-state index in [1.54, 1.807) is 6.08 Å².